The van der Waals surface area contributed by atoms with E-state index in [9.17, 15) is 26.4 Å². The smallest absolute Gasteiger partial charge is 0.461 e. The number of hydrogen-bond acceptors (Lipinski definition) is 6. The second kappa shape index (κ2) is 4.47. The average molecular weight is 249 g/mol. The SMILES string of the molecule is CCOC(=O)C(=NO)S(=O)(=O)C(F)(F)F. The highest BCUT2D eigenvalue weighted by Gasteiger charge is 2.52. The number of carbonyl (C=O) groups is 1. The molecule has 10 heteroatoms. The number of ether oxygens (including phenoxy) is 1. The molecule has 0 spiro atoms. The number of rotatable bonds is 1. The molecule has 0 atom stereocenters. The summed E-state index contributed by atoms with van der Waals surface area (Å²) in [5, 5.41) is 7.72. The van der Waals surface area contributed by atoms with Gasteiger partial charge in [0.05, 0.1) is 6.61 Å². The van der Waals surface area contributed by atoms with Crippen molar-refractivity contribution in [3.05, 3.63) is 0 Å². The van der Waals surface area contributed by atoms with Crippen LogP contribution in [0.1, 0.15) is 6.92 Å². The van der Waals surface area contributed by atoms with Gasteiger partial charge in [-0.2, -0.15) is 13.2 Å². The molecule has 0 radical (unpaired) electrons. The van der Waals surface area contributed by atoms with Gasteiger partial charge in [0, 0.05) is 0 Å². The number of carbonyl (C=O) groups excluding carboxylic acids is 1. The summed E-state index contributed by atoms with van der Waals surface area (Å²) in [5.41, 5.74) is -5.72. The van der Waals surface area contributed by atoms with Crippen LogP contribution in [0.4, 0.5) is 13.2 Å². The highest BCUT2D eigenvalue weighted by Crippen LogP contribution is 2.25. The first-order valence-corrected chi connectivity index (χ1v) is 4.87. The lowest BCUT2D eigenvalue weighted by Crippen LogP contribution is -2.36. The van der Waals surface area contributed by atoms with Crippen molar-refractivity contribution in [2.24, 2.45) is 5.16 Å². The summed E-state index contributed by atoms with van der Waals surface area (Å²) in [4.78, 5) is 10.7. The Kier molecular flexibility index (Phi) is 4.07. The van der Waals surface area contributed by atoms with Crippen molar-refractivity contribution < 1.29 is 36.3 Å². The lowest BCUT2D eigenvalue weighted by Gasteiger charge is -2.07. The molecular weight excluding hydrogens is 243 g/mol. The molecule has 0 aliphatic carbocycles. The molecule has 0 rings (SSSR count). The molecule has 88 valence electrons. The number of halogens is 3. The van der Waals surface area contributed by atoms with Crippen molar-refractivity contribution in [1.29, 1.82) is 0 Å². The lowest BCUT2D eigenvalue weighted by atomic mass is 10.7. The molecule has 6 nitrogen and oxygen atoms in total. The van der Waals surface area contributed by atoms with Crippen molar-refractivity contribution in [1.82, 2.24) is 0 Å². The molecule has 0 saturated heterocycles. The molecular formula is C5H6F3NO5S. The summed E-state index contributed by atoms with van der Waals surface area (Å²) in [6, 6.07) is 0. The Hall–Kier alpha value is -1.32. The van der Waals surface area contributed by atoms with Crippen LogP contribution in [0.15, 0.2) is 5.16 Å². The quantitative estimate of drug-likeness (QED) is 0.237. The Morgan fingerprint density at radius 2 is 1.93 bits per heavy atom. The Balaban J connectivity index is 5.29. The van der Waals surface area contributed by atoms with Crippen LogP contribution < -0.4 is 0 Å². The third-order valence-electron chi connectivity index (χ3n) is 1.10. The summed E-state index contributed by atoms with van der Waals surface area (Å²) in [7, 11) is -5.98. The van der Waals surface area contributed by atoms with Gasteiger partial charge in [0.25, 0.3) is 5.04 Å². The van der Waals surface area contributed by atoms with Gasteiger partial charge in [-0.15, -0.1) is 0 Å². The van der Waals surface area contributed by atoms with Gasteiger partial charge in [-0.3, -0.25) is 0 Å². The summed E-state index contributed by atoms with van der Waals surface area (Å²) in [6.07, 6.45) is 0. The van der Waals surface area contributed by atoms with E-state index in [1.54, 1.807) is 5.16 Å². The Morgan fingerprint density at radius 1 is 1.47 bits per heavy atom. The van der Waals surface area contributed by atoms with Gasteiger partial charge in [-0.05, 0) is 6.92 Å². The van der Waals surface area contributed by atoms with Gasteiger partial charge in [-0.25, -0.2) is 13.2 Å². The first kappa shape index (κ1) is 13.7. The van der Waals surface area contributed by atoms with Crippen molar-refractivity contribution in [2.75, 3.05) is 6.61 Å². The normalized spacial score (nSPS) is 13.7. The highest BCUT2D eigenvalue weighted by atomic mass is 32.2. The average Bonchev–Trinajstić information content (AvgIpc) is 2.03. The molecule has 0 unspecified atom stereocenters. The number of nitrogens with zero attached hydrogens (tertiary/aromatic N) is 1. The fraction of sp³-hybridized carbons (Fsp3) is 0.600. The fourth-order valence-corrected chi connectivity index (χ4v) is 1.11. The number of hydrogen-bond donors (Lipinski definition) is 1. The van der Waals surface area contributed by atoms with Gasteiger partial charge in [0.15, 0.2) is 0 Å². The van der Waals surface area contributed by atoms with E-state index in [0.29, 0.717) is 0 Å². The molecule has 0 aromatic rings. The maximum Gasteiger partial charge on any atom is 0.503 e. The van der Waals surface area contributed by atoms with E-state index in [1.807, 2.05) is 0 Å². The van der Waals surface area contributed by atoms with Crippen molar-refractivity contribution >= 4 is 20.9 Å². The predicted molar refractivity (Wildman–Crippen MR) is 40.8 cm³/mol. The maximum atomic E-state index is 11.9. The zero-order chi connectivity index (χ0) is 12.3. The van der Waals surface area contributed by atoms with Gasteiger partial charge >= 0.3 is 21.3 Å². The topological polar surface area (TPSA) is 93.0 Å². The van der Waals surface area contributed by atoms with Gasteiger partial charge in [-0.1, -0.05) is 5.16 Å². The van der Waals surface area contributed by atoms with E-state index in [0.717, 1.165) is 0 Å². The number of sulfone groups is 1. The standard InChI is InChI=1S/C5H6F3NO5S/c1-2-14-4(10)3(9-11)15(12,13)5(6,7)8/h11H,2H2,1H3. The number of alkyl halides is 3. The summed E-state index contributed by atoms with van der Waals surface area (Å²) in [5.74, 6) is -1.86. The number of oxime groups is 1. The third kappa shape index (κ3) is 2.81. The van der Waals surface area contributed by atoms with Crippen LogP contribution >= 0.6 is 0 Å². The maximum absolute atomic E-state index is 11.9. The van der Waals surface area contributed by atoms with E-state index in [1.165, 1.54) is 6.92 Å². The molecule has 0 aromatic carbocycles. The van der Waals surface area contributed by atoms with Crippen LogP contribution in [0.5, 0.6) is 0 Å². The van der Waals surface area contributed by atoms with Crippen LogP contribution in [-0.4, -0.2) is 36.8 Å². The minimum atomic E-state index is -5.98. The van der Waals surface area contributed by atoms with Gasteiger partial charge in [0.2, 0.25) is 0 Å². The minimum absolute atomic E-state index is 0.356. The molecule has 0 saturated carbocycles. The Labute approximate surface area is 82.2 Å². The second-order valence-electron chi connectivity index (χ2n) is 2.07. The molecule has 0 aromatic heterocycles. The van der Waals surface area contributed by atoms with E-state index in [4.69, 9.17) is 5.21 Å². The molecule has 0 amide bonds. The predicted octanol–water partition coefficient (Wildman–Crippen LogP) is 0.272. The highest BCUT2D eigenvalue weighted by molar-refractivity contribution is 8.09. The molecule has 0 aliphatic heterocycles. The Morgan fingerprint density at radius 3 is 2.20 bits per heavy atom. The second-order valence-corrected chi connectivity index (χ2v) is 3.93. The summed E-state index contributed by atoms with van der Waals surface area (Å²) < 4.78 is 60.8. The molecule has 0 bridgehead atoms. The van der Waals surface area contributed by atoms with Crippen LogP contribution in [0.3, 0.4) is 0 Å². The molecule has 0 heterocycles. The van der Waals surface area contributed by atoms with Gasteiger partial charge < -0.3 is 9.94 Å². The zero-order valence-electron chi connectivity index (χ0n) is 7.28. The van der Waals surface area contributed by atoms with Crippen LogP contribution in [0, 0.1) is 0 Å². The van der Waals surface area contributed by atoms with Crippen LogP contribution in [0.2, 0.25) is 0 Å². The first-order chi connectivity index (χ1) is 6.68. The van der Waals surface area contributed by atoms with E-state index < -0.39 is 26.4 Å². The summed E-state index contributed by atoms with van der Waals surface area (Å²) in [6.45, 7) is 0.887. The molecule has 1 N–H and O–H groups in total. The monoisotopic (exact) mass is 249 g/mol. The molecule has 15 heavy (non-hydrogen) atoms. The molecule has 0 aliphatic rings. The minimum Gasteiger partial charge on any atom is -0.461 e. The van der Waals surface area contributed by atoms with Gasteiger partial charge in [0.1, 0.15) is 0 Å². The van der Waals surface area contributed by atoms with Crippen LogP contribution in [-0.2, 0) is 19.4 Å². The Bertz CT molecular complexity index is 371. The van der Waals surface area contributed by atoms with Crippen molar-refractivity contribution in [3.63, 3.8) is 0 Å². The van der Waals surface area contributed by atoms with E-state index in [-0.39, 0.29) is 6.61 Å². The van der Waals surface area contributed by atoms with Crippen molar-refractivity contribution in [3.8, 4) is 0 Å². The van der Waals surface area contributed by atoms with Crippen LogP contribution in [0.25, 0.3) is 0 Å². The van der Waals surface area contributed by atoms with E-state index in [2.05, 4.69) is 4.74 Å². The van der Waals surface area contributed by atoms with E-state index >= 15 is 0 Å². The largest absolute Gasteiger partial charge is 0.503 e. The zero-order valence-corrected chi connectivity index (χ0v) is 8.09. The molecule has 0 fully saturated rings. The van der Waals surface area contributed by atoms with Crippen molar-refractivity contribution in [2.45, 2.75) is 12.4 Å². The third-order valence-corrected chi connectivity index (χ3v) is 2.47. The fourth-order valence-electron chi connectivity index (χ4n) is 0.507. The summed E-state index contributed by atoms with van der Waals surface area (Å²) >= 11 is 0. The number of esters is 1. The first-order valence-electron chi connectivity index (χ1n) is 3.39. The lowest BCUT2D eigenvalue weighted by molar-refractivity contribution is -0.135.